The number of hydrogen-bond donors (Lipinski definition) is 1. The Morgan fingerprint density at radius 2 is 2.05 bits per heavy atom. The summed E-state index contributed by atoms with van der Waals surface area (Å²) in [5.41, 5.74) is 5.97. The van der Waals surface area contributed by atoms with Crippen molar-refractivity contribution in [1.29, 1.82) is 0 Å². The Kier molecular flexibility index (Phi) is 7.14. The van der Waals surface area contributed by atoms with Gasteiger partial charge in [-0.2, -0.15) is 0 Å². The summed E-state index contributed by atoms with van der Waals surface area (Å²) >= 11 is 0. The summed E-state index contributed by atoms with van der Waals surface area (Å²) in [6.45, 7) is 7.59. The Morgan fingerprint density at radius 3 is 2.62 bits per heavy atom. The number of morpholine rings is 1. The van der Waals surface area contributed by atoms with Crippen molar-refractivity contribution < 1.29 is 13.2 Å². The van der Waals surface area contributed by atoms with Crippen molar-refractivity contribution in [2.24, 2.45) is 16.6 Å². The van der Waals surface area contributed by atoms with Gasteiger partial charge in [0, 0.05) is 38.6 Å². The first-order valence-corrected chi connectivity index (χ1v) is 8.67. The molecule has 0 bridgehead atoms. The van der Waals surface area contributed by atoms with Gasteiger partial charge in [0.2, 0.25) is 10.0 Å². The third kappa shape index (κ3) is 4.93. The molecule has 1 unspecified atom stereocenters. The van der Waals surface area contributed by atoms with Crippen molar-refractivity contribution >= 4 is 40.0 Å². The van der Waals surface area contributed by atoms with Crippen molar-refractivity contribution in [2.75, 3.05) is 45.1 Å². The quantitative estimate of drug-likeness (QED) is 0.382. The number of nitrogens with zero attached hydrogens (tertiary/aromatic N) is 3. The SMILES string of the molecule is CCS(=O)(=O)N1CC(CN=C(N)N2CCOC(C)C2)C1.I. The van der Waals surface area contributed by atoms with Gasteiger partial charge in [0.25, 0.3) is 0 Å². The average Bonchev–Trinajstić information content (AvgIpc) is 2.36. The first-order valence-electron chi connectivity index (χ1n) is 7.06. The molecular formula is C12H25IN4O3S. The Morgan fingerprint density at radius 1 is 1.38 bits per heavy atom. The van der Waals surface area contributed by atoms with Crippen LogP contribution < -0.4 is 5.73 Å². The van der Waals surface area contributed by atoms with Crippen LogP contribution in [0.4, 0.5) is 0 Å². The van der Waals surface area contributed by atoms with Crippen molar-refractivity contribution in [3.8, 4) is 0 Å². The van der Waals surface area contributed by atoms with Gasteiger partial charge in [-0.25, -0.2) is 12.7 Å². The fourth-order valence-corrected chi connectivity index (χ4v) is 3.64. The Hall–Kier alpha value is -0.130. The molecule has 2 rings (SSSR count). The molecule has 0 aromatic carbocycles. The molecule has 0 radical (unpaired) electrons. The number of guanidine groups is 1. The van der Waals surface area contributed by atoms with E-state index in [1.807, 2.05) is 11.8 Å². The molecule has 0 aromatic heterocycles. The van der Waals surface area contributed by atoms with Crippen molar-refractivity contribution in [3.05, 3.63) is 0 Å². The zero-order valence-electron chi connectivity index (χ0n) is 12.6. The highest BCUT2D eigenvalue weighted by atomic mass is 127. The predicted octanol–water partition coefficient (Wildman–Crippen LogP) is -0.0787. The van der Waals surface area contributed by atoms with E-state index in [0.717, 1.165) is 13.1 Å². The van der Waals surface area contributed by atoms with Crippen LogP contribution in [0.25, 0.3) is 0 Å². The topological polar surface area (TPSA) is 88.2 Å². The third-order valence-corrected chi connectivity index (χ3v) is 5.57. The van der Waals surface area contributed by atoms with Crippen molar-refractivity contribution in [3.63, 3.8) is 0 Å². The van der Waals surface area contributed by atoms with Gasteiger partial charge in [-0.05, 0) is 13.8 Å². The second-order valence-electron chi connectivity index (χ2n) is 5.41. The van der Waals surface area contributed by atoms with E-state index in [2.05, 4.69) is 4.99 Å². The zero-order valence-corrected chi connectivity index (χ0v) is 15.7. The summed E-state index contributed by atoms with van der Waals surface area (Å²) in [6, 6.07) is 0. The van der Waals surface area contributed by atoms with Crippen molar-refractivity contribution in [1.82, 2.24) is 9.21 Å². The number of nitrogens with two attached hydrogens (primary N) is 1. The summed E-state index contributed by atoms with van der Waals surface area (Å²) in [5.74, 6) is 0.988. The number of sulfonamides is 1. The lowest BCUT2D eigenvalue weighted by Crippen LogP contribution is -2.52. The van der Waals surface area contributed by atoms with E-state index in [4.69, 9.17) is 10.5 Å². The van der Waals surface area contributed by atoms with E-state index >= 15 is 0 Å². The zero-order chi connectivity index (χ0) is 14.8. The number of rotatable bonds is 4. The van der Waals surface area contributed by atoms with Crippen LogP contribution in [0.1, 0.15) is 13.8 Å². The molecule has 0 spiro atoms. The fourth-order valence-electron chi connectivity index (χ4n) is 2.40. The maximum Gasteiger partial charge on any atom is 0.213 e. The Bertz CT molecular complexity index is 465. The van der Waals surface area contributed by atoms with E-state index in [0.29, 0.717) is 32.2 Å². The highest BCUT2D eigenvalue weighted by Gasteiger charge is 2.34. The van der Waals surface area contributed by atoms with Gasteiger partial charge < -0.3 is 15.4 Å². The molecular weight excluding hydrogens is 407 g/mol. The van der Waals surface area contributed by atoms with Gasteiger partial charge in [0.05, 0.1) is 18.5 Å². The van der Waals surface area contributed by atoms with Crippen molar-refractivity contribution in [2.45, 2.75) is 20.0 Å². The second-order valence-corrected chi connectivity index (χ2v) is 7.67. The van der Waals surface area contributed by atoms with E-state index in [1.54, 1.807) is 6.92 Å². The molecule has 2 heterocycles. The van der Waals surface area contributed by atoms with Gasteiger partial charge in [-0.1, -0.05) is 0 Å². The molecule has 0 aromatic rings. The minimum Gasteiger partial charge on any atom is -0.375 e. The summed E-state index contributed by atoms with van der Waals surface area (Å²) in [7, 11) is -3.03. The fraction of sp³-hybridized carbons (Fsp3) is 0.917. The van der Waals surface area contributed by atoms with Crippen LogP contribution in [-0.2, 0) is 14.8 Å². The van der Waals surface area contributed by atoms with E-state index in [-0.39, 0.29) is 41.8 Å². The lowest BCUT2D eigenvalue weighted by molar-refractivity contribution is 0.00523. The van der Waals surface area contributed by atoms with Gasteiger partial charge in [0.15, 0.2) is 5.96 Å². The minimum absolute atomic E-state index is 0. The molecule has 124 valence electrons. The van der Waals surface area contributed by atoms with Gasteiger partial charge >= 0.3 is 0 Å². The summed E-state index contributed by atoms with van der Waals surface area (Å²) in [5, 5.41) is 0. The molecule has 2 N–H and O–H groups in total. The lowest BCUT2D eigenvalue weighted by Gasteiger charge is -2.37. The van der Waals surface area contributed by atoms with Gasteiger partial charge in [-0.15, -0.1) is 24.0 Å². The van der Waals surface area contributed by atoms with Gasteiger partial charge in [0.1, 0.15) is 0 Å². The molecule has 0 saturated carbocycles. The summed E-state index contributed by atoms with van der Waals surface area (Å²) in [4.78, 5) is 6.41. The molecule has 9 heteroatoms. The summed E-state index contributed by atoms with van der Waals surface area (Å²) in [6.07, 6.45) is 0.173. The maximum atomic E-state index is 11.6. The highest BCUT2D eigenvalue weighted by molar-refractivity contribution is 14.0. The number of ether oxygens (including phenoxy) is 1. The molecule has 2 aliphatic rings. The standard InChI is InChI=1S/C12H24N4O3S.HI/c1-3-20(17,18)16-8-11(9-16)6-14-12(13)15-4-5-19-10(2)7-15;/h10-11H,3-9H2,1-2H3,(H2,13,14);1H. The monoisotopic (exact) mass is 432 g/mol. The third-order valence-electron chi connectivity index (χ3n) is 3.76. The molecule has 0 aliphatic carbocycles. The molecule has 7 nitrogen and oxygen atoms in total. The molecule has 1 atom stereocenters. The van der Waals surface area contributed by atoms with Crippen LogP contribution in [0.5, 0.6) is 0 Å². The highest BCUT2D eigenvalue weighted by Crippen LogP contribution is 2.20. The van der Waals surface area contributed by atoms with E-state index in [9.17, 15) is 8.42 Å². The van der Waals surface area contributed by atoms with E-state index in [1.165, 1.54) is 4.31 Å². The predicted molar refractivity (Wildman–Crippen MR) is 93.4 cm³/mol. The first kappa shape index (κ1) is 18.9. The minimum atomic E-state index is -3.03. The van der Waals surface area contributed by atoms with E-state index < -0.39 is 10.0 Å². The van der Waals surface area contributed by atoms with Crippen LogP contribution in [0.15, 0.2) is 4.99 Å². The second kappa shape index (κ2) is 7.93. The summed E-state index contributed by atoms with van der Waals surface area (Å²) < 4.78 is 30.2. The van der Waals surface area contributed by atoms with Crippen LogP contribution in [0, 0.1) is 5.92 Å². The molecule has 21 heavy (non-hydrogen) atoms. The number of hydrogen-bond acceptors (Lipinski definition) is 4. The lowest BCUT2D eigenvalue weighted by atomic mass is 10.0. The molecule has 0 amide bonds. The van der Waals surface area contributed by atoms with Crippen LogP contribution in [0.2, 0.25) is 0 Å². The Labute approximate surface area is 144 Å². The Balaban J connectivity index is 0.00000220. The van der Waals surface area contributed by atoms with Crippen LogP contribution in [0.3, 0.4) is 0 Å². The van der Waals surface area contributed by atoms with Gasteiger partial charge in [-0.3, -0.25) is 4.99 Å². The number of aliphatic imine (C=N–C) groups is 1. The molecule has 2 saturated heterocycles. The van der Waals surface area contributed by atoms with Crippen LogP contribution >= 0.6 is 24.0 Å². The van der Waals surface area contributed by atoms with Crippen LogP contribution in [-0.4, -0.2) is 74.8 Å². The first-order chi connectivity index (χ1) is 9.42. The maximum absolute atomic E-state index is 11.6. The molecule has 2 fully saturated rings. The largest absolute Gasteiger partial charge is 0.375 e. The normalized spacial score (nSPS) is 25.3. The smallest absolute Gasteiger partial charge is 0.213 e. The average molecular weight is 432 g/mol. The molecule has 2 aliphatic heterocycles. The number of halogens is 1.